The summed E-state index contributed by atoms with van der Waals surface area (Å²) < 4.78 is 5.30. The Morgan fingerprint density at radius 3 is 2.83 bits per heavy atom. The normalized spacial score (nSPS) is 11.7. The third-order valence-corrected chi connectivity index (χ3v) is 1.44. The van der Waals surface area contributed by atoms with E-state index in [0.717, 1.165) is 19.6 Å². The third-order valence-electron chi connectivity index (χ3n) is 1.44. The van der Waals surface area contributed by atoms with Crippen LogP contribution >= 0.6 is 0 Å². The first-order valence-electron chi connectivity index (χ1n) is 4.35. The van der Waals surface area contributed by atoms with E-state index in [1.54, 1.807) is 7.05 Å². The maximum absolute atomic E-state index is 5.40. The van der Waals surface area contributed by atoms with Crippen molar-refractivity contribution in [3.8, 4) is 0 Å². The minimum Gasteiger partial charge on any atom is -0.380 e. The fourth-order valence-corrected chi connectivity index (χ4v) is 0.679. The first kappa shape index (κ1) is 11.2. The lowest BCUT2D eigenvalue weighted by Gasteiger charge is -2.05. The number of ether oxygens (including phenoxy) is 1. The van der Waals surface area contributed by atoms with Crippen molar-refractivity contribution in [1.29, 1.82) is 0 Å². The summed E-state index contributed by atoms with van der Waals surface area (Å²) in [6.07, 6.45) is 2.29. The fourth-order valence-electron chi connectivity index (χ4n) is 0.679. The van der Waals surface area contributed by atoms with Crippen LogP contribution < -0.4 is 11.1 Å². The van der Waals surface area contributed by atoms with E-state index in [1.165, 1.54) is 6.42 Å². The Morgan fingerprint density at radius 2 is 2.25 bits per heavy atom. The number of hydrogen-bond donors (Lipinski definition) is 2. The molecule has 0 fully saturated rings. The number of rotatable bonds is 6. The highest BCUT2D eigenvalue weighted by Gasteiger charge is 1.89. The second kappa shape index (κ2) is 8.33. The molecule has 4 nitrogen and oxygen atoms in total. The Balaban J connectivity index is 3.00. The Bertz CT molecular complexity index is 125. The molecule has 0 saturated heterocycles. The van der Waals surface area contributed by atoms with E-state index in [-0.39, 0.29) is 0 Å². The average Bonchev–Trinajstić information content (AvgIpc) is 2.10. The molecule has 0 spiro atoms. The molecule has 0 amide bonds. The summed E-state index contributed by atoms with van der Waals surface area (Å²) >= 11 is 0. The summed E-state index contributed by atoms with van der Waals surface area (Å²) in [5.41, 5.74) is 5.40. The topological polar surface area (TPSA) is 59.6 Å². The van der Waals surface area contributed by atoms with Crippen molar-refractivity contribution in [2.75, 3.05) is 26.8 Å². The Hall–Kier alpha value is -0.770. The van der Waals surface area contributed by atoms with E-state index in [9.17, 15) is 0 Å². The van der Waals surface area contributed by atoms with Gasteiger partial charge in [0.2, 0.25) is 0 Å². The molecule has 0 aliphatic rings. The molecule has 0 saturated carbocycles. The van der Waals surface area contributed by atoms with Crippen molar-refractivity contribution in [2.24, 2.45) is 10.7 Å². The van der Waals surface area contributed by atoms with E-state index in [4.69, 9.17) is 10.5 Å². The van der Waals surface area contributed by atoms with Gasteiger partial charge in [0.15, 0.2) is 5.96 Å². The van der Waals surface area contributed by atoms with Crippen LogP contribution in [-0.4, -0.2) is 32.8 Å². The maximum Gasteiger partial charge on any atom is 0.188 e. The minimum absolute atomic E-state index is 0.467. The first-order chi connectivity index (χ1) is 5.81. The second-order valence-electron chi connectivity index (χ2n) is 2.50. The quantitative estimate of drug-likeness (QED) is 0.346. The standard InChI is InChI=1S/C8H19N3O/c1-3-4-6-12-7-5-11-8(9)10-2/h3-7H2,1-2H3,(H3,9,10,11). The van der Waals surface area contributed by atoms with Crippen LogP contribution in [0.2, 0.25) is 0 Å². The molecule has 12 heavy (non-hydrogen) atoms. The van der Waals surface area contributed by atoms with Crippen LogP contribution in [0.5, 0.6) is 0 Å². The summed E-state index contributed by atoms with van der Waals surface area (Å²) in [5, 5.41) is 2.91. The molecular weight excluding hydrogens is 154 g/mol. The van der Waals surface area contributed by atoms with Gasteiger partial charge in [-0.25, -0.2) is 0 Å². The number of hydrogen-bond acceptors (Lipinski definition) is 2. The molecule has 0 aliphatic heterocycles. The van der Waals surface area contributed by atoms with Crippen LogP contribution in [0.4, 0.5) is 0 Å². The number of guanidine groups is 1. The molecule has 4 heteroatoms. The van der Waals surface area contributed by atoms with Gasteiger partial charge >= 0.3 is 0 Å². The van der Waals surface area contributed by atoms with Crippen LogP contribution in [0, 0.1) is 0 Å². The van der Waals surface area contributed by atoms with Gasteiger partial charge < -0.3 is 15.8 Å². The van der Waals surface area contributed by atoms with Gasteiger partial charge in [-0.05, 0) is 6.42 Å². The Kier molecular flexibility index (Phi) is 7.79. The molecule has 0 radical (unpaired) electrons. The second-order valence-corrected chi connectivity index (χ2v) is 2.50. The Morgan fingerprint density at radius 1 is 1.50 bits per heavy atom. The predicted octanol–water partition coefficient (Wildman–Crippen LogP) is 0.337. The van der Waals surface area contributed by atoms with Crippen LogP contribution in [0.25, 0.3) is 0 Å². The minimum atomic E-state index is 0.467. The van der Waals surface area contributed by atoms with E-state index in [1.807, 2.05) is 0 Å². The molecule has 0 aromatic heterocycles. The maximum atomic E-state index is 5.40. The highest BCUT2D eigenvalue weighted by molar-refractivity contribution is 5.77. The zero-order valence-corrected chi connectivity index (χ0v) is 7.97. The summed E-state index contributed by atoms with van der Waals surface area (Å²) in [5.74, 6) is 0.467. The molecule has 0 aromatic rings. The summed E-state index contributed by atoms with van der Waals surface area (Å²) in [7, 11) is 1.65. The summed E-state index contributed by atoms with van der Waals surface area (Å²) in [4.78, 5) is 3.75. The Labute approximate surface area is 74.2 Å². The number of nitrogens with zero attached hydrogens (tertiary/aromatic N) is 1. The number of unbranched alkanes of at least 4 members (excludes halogenated alkanes) is 1. The largest absolute Gasteiger partial charge is 0.380 e. The molecule has 0 aliphatic carbocycles. The molecule has 0 aromatic carbocycles. The van der Waals surface area contributed by atoms with E-state index < -0.39 is 0 Å². The van der Waals surface area contributed by atoms with E-state index in [0.29, 0.717) is 12.6 Å². The molecule has 0 bridgehead atoms. The summed E-state index contributed by atoms with van der Waals surface area (Å²) in [6.45, 7) is 4.40. The van der Waals surface area contributed by atoms with E-state index >= 15 is 0 Å². The SMILES string of the molecule is CCCCOCCNC(N)=NC. The molecule has 0 heterocycles. The molecule has 0 atom stereocenters. The van der Waals surface area contributed by atoms with Gasteiger partial charge in [-0.15, -0.1) is 0 Å². The lowest BCUT2D eigenvalue weighted by molar-refractivity contribution is 0.136. The van der Waals surface area contributed by atoms with Gasteiger partial charge in [0, 0.05) is 20.2 Å². The highest BCUT2D eigenvalue weighted by atomic mass is 16.5. The van der Waals surface area contributed by atoms with Crippen molar-refractivity contribution >= 4 is 5.96 Å². The van der Waals surface area contributed by atoms with Crippen molar-refractivity contribution in [3.63, 3.8) is 0 Å². The van der Waals surface area contributed by atoms with Gasteiger partial charge in [0.05, 0.1) is 6.61 Å². The zero-order chi connectivity index (χ0) is 9.23. The third kappa shape index (κ3) is 7.34. The predicted molar refractivity (Wildman–Crippen MR) is 51.3 cm³/mol. The van der Waals surface area contributed by atoms with Gasteiger partial charge in [-0.1, -0.05) is 13.3 Å². The van der Waals surface area contributed by atoms with Crippen LogP contribution in [-0.2, 0) is 4.74 Å². The van der Waals surface area contributed by atoms with Crippen molar-refractivity contribution in [1.82, 2.24) is 5.32 Å². The van der Waals surface area contributed by atoms with Crippen LogP contribution in [0.3, 0.4) is 0 Å². The van der Waals surface area contributed by atoms with Gasteiger partial charge in [-0.2, -0.15) is 0 Å². The number of aliphatic imine (C=N–C) groups is 1. The molecule has 0 rings (SSSR count). The highest BCUT2D eigenvalue weighted by Crippen LogP contribution is 1.86. The molecule has 0 unspecified atom stereocenters. The van der Waals surface area contributed by atoms with Crippen molar-refractivity contribution < 1.29 is 4.74 Å². The lowest BCUT2D eigenvalue weighted by Crippen LogP contribution is -2.33. The van der Waals surface area contributed by atoms with Crippen molar-refractivity contribution in [3.05, 3.63) is 0 Å². The monoisotopic (exact) mass is 173 g/mol. The smallest absolute Gasteiger partial charge is 0.188 e. The summed E-state index contributed by atoms with van der Waals surface area (Å²) in [6, 6.07) is 0. The van der Waals surface area contributed by atoms with E-state index in [2.05, 4.69) is 17.2 Å². The fraction of sp³-hybridized carbons (Fsp3) is 0.875. The average molecular weight is 173 g/mol. The van der Waals surface area contributed by atoms with Gasteiger partial charge in [-0.3, -0.25) is 4.99 Å². The van der Waals surface area contributed by atoms with Crippen LogP contribution in [0.15, 0.2) is 4.99 Å². The van der Waals surface area contributed by atoms with Crippen LogP contribution in [0.1, 0.15) is 19.8 Å². The molecular formula is C8H19N3O. The first-order valence-corrected chi connectivity index (χ1v) is 4.35. The zero-order valence-electron chi connectivity index (χ0n) is 7.97. The number of nitrogens with two attached hydrogens (primary N) is 1. The lowest BCUT2D eigenvalue weighted by atomic mass is 10.4. The molecule has 3 N–H and O–H groups in total. The molecule has 72 valence electrons. The van der Waals surface area contributed by atoms with Gasteiger partial charge in [0.25, 0.3) is 0 Å². The van der Waals surface area contributed by atoms with Crippen molar-refractivity contribution in [2.45, 2.75) is 19.8 Å². The number of nitrogens with one attached hydrogen (secondary N) is 1. The van der Waals surface area contributed by atoms with Gasteiger partial charge in [0.1, 0.15) is 0 Å².